The molecule has 0 bridgehead atoms. The van der Waals surface area contributed by atoms with Crippen LogP contribution in [0.25, 0.3) is 0 Å². The molecule has 0 amide bonds. The third-order valence-corrected chi connectivity index (χ3v) is 3.46. The summed E-state index contributed by atoms with van der Waals surface area (Å²) in [6.45, 7) is 10.0. The van der Waals surface area contributed by atoms with Crippen LogP contribution in [0.5, 0.6) is 0 Å². The largest absolute Gasteiger partial charge is 0.384 e. The Morgan fingerprint density at radius 2 is 1.68 bits per heavy atom. The molecular weight excluding hydrogens is 234 g/mol. The number of hydrogen-bond donors (Lipinski definition) is 2. The number of nitrogen functional groups attached to an aromatic ring is 1. The van der Waals surface area contributed by atoms with E-state index in [2.05, 4.69) is 44.7 Å². The average Bonchev–Trinajstić information content (AvgIpc) is 2.38. The second kappa shape index (κ2) is 7.17. The van der Waals surface area contributed by atoms with Crippen LogP contribution in [0.15, 0.2) is 24.3 Å². The van der Waals surface area contributed by atoms with Gasteiger partial charge in [-0.2, -0.15) is 0 Å². The summed E-state index contributed by atoms with van der Waals surface area (Å²) >= 11 is 0. The van der Waals surface area contributed by atoms with Crippen LogP contribution >= 0.6 is 0 Å². The van der Waals surface area contributed by atoms with Crippen LogP contribution in [0.3, 0.4) is 0 Å². The summed E-state index contributed by atoms with van der Waals surface area (Å²) in [7, 11) is 0. The lowest BCUT2D eigenvalue weighted by molar-refractivity contribution is 0.507. The first-order chi connectivity index (χ1) is 8.99. The molecule has 0 saturated carbocycles. The van der Waals surface area contributed by atoms with Gasteiger partial charge in [0.1, 0.15) is 5.84 Å². The van der Waals surface area contributed by atoms with E-state index in [0.717, 1.165) is 24.9 Å². The summed E-state index contributed by atoms with van der Waals surface area (Å²) < 4.78 is 0. The van der Waals surface area contributed by atoms with Gasteiger partial charge < -0.3 is 10.6 Å². The van der Waals surface area contributed by atoms with Gasteiger partial charge in [0, 0.05) is 23.8 Å². The van der Waals surface area contributed by atoms with Crippen molar-refractivity contribution < 1.29 is 0 Å². The van der Waals surface area contributed by atoms with Crippen molar-refractivity contribution in [3.63, 3.8) is 0 Å². The Hall–Kier alpha value is -1.51. The van der Waals surface area contributed by atoms with Gasteiger partial charge in [0.25, 0.3) is 0 Å². The molecule has 3 heteroatoms. The highest BCUT2D eigenvalue weighted by Gasteiger charge is 2.16. The first-order valence-corrected chi connectivity index (χ1v) is 7.20. The Morgan fingerprint density at radius 3 is 2.05 bits per heavy atom. The molecule has 0 saturated heterocycles. The van der Waals surface area contributed by atoms with E-state index in [4.69, 9.17) is 11.1 Å². The molecule has 0 fully saturated rings. The van der Waals surface area contributed by atoms with Crippen LogP contribution in [-0.2, 0) is 0 Å². The number of nitrogens with one attached hydrogen (secondary N) is 1. The molecule has 0 aliphatic carbocycles. The van der Waals surface area contributed by atoms with E-state index >= 15 is 0 Å². The lowest BCUT2D eigenvalue weighted by Gasteiger charge is -2.34. The molecule has 1 aromatic carbocycles. The van der Waals surface area contributed by atoms with Gasteiger partial charge in [-0.1, -0.05) is 27.7 Å². The van der Waals surface area contributed by atoms with Crippen LogP contribution < -0.4 is 10.6 Å². The fourth-order valence-electron chi connectivity index (χ4n) is 2.42. The maximum Gasteiger partial charge on any atom is 0.122 e. The van der Waals surface area contributed by atoms with Crippen molar-refractivity contribution in [2.45, 2.75) is 46.6 Å². The molecule has 0 atom stereocenters. The van der Waals surface area contributed by atoms with Crippen molar-refractivity contribution in [3.05, 3.63) is 29.8 Å². The lowest BCUT2D eigenvalue weighted by Crippen LogP contribution is -2.37. The van der Waals surface area contributed by atoms with Crippen molar-refractivity contribution in [1.82, 2.24) is 0 Å². The topological polar surface area (TPSA) is 53.1 Å². The van der Waals surface area contributed by atoms with Gasteiger partial charge in [-0.3, -0.25) is 5.41 Å². The molecular formula is C16H27N3. The summed E-state index contributed by atoms with van der Waals surface area (Å²) in [6, 6.07) is 8.61. The van der Waals surface area contributed by atoms with E-state index in [9.17, 15) is 0 Å². The minimum absolute atomic E-state index is 0.129. The summed E-state index contributed by atoms with van der Waals surface area (Å²) in [5.74, 6) is 0.762. The highest BCUT2D eigenvalue weighted by Crippen LogP contribution is 2.22. The third kappa shape index (κ3) is 4.27. The summed E-state index contributed by atoms with van der Waals surface area (Å²) in [5.41, 5.74) is 7.52. The fraction of sp³-hybridized carbons (Fsp3) is 0.562. The second-order valence-corrected chi connectivity index (χ2v) is 5.48. The van der Waals surface area contributed by atoms with Gasteiger partial charge in [0.15, 0.2) is 0 Å². The summed E-state index contributed by atoms with van der Waals surface area (Å²) in [6.07, 6.45) is 2.30. The zero-order valence-corrected chi connectivity index (χ0v) is 12.6. The van der Waals surface area contributed by atoms with Crippen LogP contribution in [0.4, 0.5) is 5.69 Å². The molecule has 0 unspecified atom stereocenters. The number of amidine groups is 1. The molecule has 0 aromatic heterocycles. The first kappa shape index (κ1) is 15.5. The minimum Gasteiger partial charge on any atom is -0.384 e. The molecule has 3 nitrogen and oxygen atoms in total. The predicted molar refractivity (Wildman–Crippen MR) is 84.0 cm³/mol. The van der Waals surface area contributed by atoms with Gasteiger partial charge in [-0.25, -0.2) is 0 Å². The fourth-order valence-corrected chi connectivity index (χ4v) is 2.42. The zero-order valence-electron chi connectivity index (χ0n) is 12.6. The molecule has 106 valence electrons. The van der Waals surface area contributed by atoms with Gasteiger partial charge >= 0.3 is 0 Å². The third-order valence-electron chi connectivity index (χ3n) is 3.46. The number of benzene rings is 1. The predicted octanol–water partition coefficient (Wildman–Crippen LogP) is 3.62. The molecule has 0 aliphatic heterocycles. The van der Waals surface area contributed by atoms with Crippen LogP contribution in [-0.4, -0.2) is 18.4 Å². The number of nitrogens with zero attached hydrogens (tertiary/aromatic N) is 1. The van der Waals surface area contributed by atoms with Crippen LogP contribution in [0, 0.1) is 11.3 Å². The molecule has 1 aromatic rings. The molecule has 1 rings (SSSR count). The van der Waals surface area contributed by atoms with Crippen molar-refractivity contribution in [1.29, 1.82) is 5.41 Å². The van der Waals surface area contributed by atoms with Gasteiger partial charge in [-0.15, -0.1) is 0 Å². The Labute approximate surface area is 117 Å². The van der Waals surface area contributed by atoms with E-state index < -0.39 is 0 Å². The minimum atomic E-state index is 0.129. The highest BCUT2D eigenvalue weighted by atomic mass is 15.2. The molecule has 0 radical (unpaired) electrons. The van der Waals surface area contributed by atoms with Crippen LogP contribution in [0.1, 0.15) is 46.1 Å². The number of rotatable bonds is 7. The molecule has 0 heterocycles. The van der Waals surface area contributed by atoms with Gasteiger partial charge in [0.2, 0.25) is 0 Å². The molecule has 0 spiro atoms. The van der Waals surface area contributed by atoms with E-state index in [1.807, 2.05) is 12.1 Å². The Bertz CT molecular complexity index is 391. The van der Waals surface area contributed by atoms with E-state index in [-0.39, 0.29) is 5.84 Å². The van der Waals surface area contributed by atoms with Gasteiger partial charge in [-0.05, 0) is 43.0 Å². The summed E-state index contributed by atoms with van der Waals surface area (Å²) in [4.78, 5) is 2.48. The van der Waals surface area contributed by atoms with E-state index in [1.54, 1.807) is 0 Å². The van der Waals surface area contributed by atoms with E-state index in [0.29, 0.717) is 12.0 Å². The molecule has 3 N–H and O–H groups in total. The van der Waals surface area contributed by atoms with Crippen molar-refractivity contribution >= 4 is 11.5 Å². The van der Waals surface area contributed by atoms with Crippen molar-refractivity contribution in [3.8, 4) is 0 Å². The smallest absolute Gasteiger partial charge is 0.122 e. The lowest BCUT2D eigenvalue weighted by atomic mass is 10.1. The average molecular weight is 261 g/mol. The van der Waals surface area contributed by atoms with Crippen molar-refractivity contribution in [2.75, 3.05) is 11.4 Å². The number of nitrogens with two attached hydrogens (primary N) is 1. The number of anilines is 1. The zero-order chi connectivity index (χ0) is 14.4. The summed E-state index contributed by atoms with van der Waals surface area (Å²) in [5, 5.41) is 7.45. The Balaban J connectivity index is 2.99. The molecule has 0 aliphatic rings. The monoisotopic (exact) mass is 261 g/mol. The van der Waals surface area contributed by atoms with Crippen LogP contribution in [0.2, 0.25) is 0 Å². The Morgan fingerprint density at radius 1 is 1.16 bits per heavy atom. The van der Waals surface area contributed by atoms with E-state index in [1.165, 1.54) is 5.69 Å². The maximum absolute atomic E-state index is 7.45. The number of hydrogen-bond acceptors (Lipinski definition) is 2. The Kier molecular flexibility index (Phi) is 5.87. The molecule has 19 heavy (non-hydrogen) atoms. The van der Waals surface area contributed by atoms with Crippen molar-refractivity contribution in [2.24, 2.45) is 11.7 Å². The second-order valence-electron chi connectivity index (χ2n) is 5.48. The first-order valence-electron chi connectivity index (χ1n) is 7.20. The van der Waals surface area contributed by atoms with Gasteiger partial charge in [0.05, 0.1) is 0 Å². The quantitative estimate of drug-likeness (QED) is 0.582. The highest BCUT2D eigenvalue weighted by molar-refractivity contribution is 5.95. The normalized spacial score (nSPS) is 11.1. The SMILES string of the molecule is CCC(CC)N(CC(C)C)c1ccc(C(=N)N)cc1. The standard InChI is InChI=1S/C16H27N3/c1-5-14(6-2)19(11-12(3)4)15-9-7-13(8-10-15)16(17)18/h7-10,12,14H,5-6,11H2,1-4H3,(H3,17,18). The maximum atomic E-state index is 7.45.